The number of urea groups is 1. The quantitative estimate of drug-likeness (QED) is 0.895. The Morgan fingerprint density at radius 3 is 2.67 bits per heavy atom. The van der Waals surface area contributed by atoms with Crippen molar-refractivity contribution in [2.75, 3.05) is 19.0 Å². The van der Waals surface area contributed by atoms with Crippen molar-refractivity contribution in [1.82, 2.24) is 5.32 Å². The second kappa shape index (κ2) is 5.81. The van der Waals surface area contributed by atoms with Gasteiger partial charge < -0.3 is 15.4 Å². The first-order valence-corrected chi connectivity index (χ1v) is 5.15. The molecule has 0 heterocycles. The predicted molar refractivity (Wildman–Crippen MR) is 61.1 cm³/mol. The number of rotatable bonds is 3. The molecule has 4 nitrogen and oxygen atoms in total. The van der Waals surface area contributed by atoms with Crippen LogP contribution in [0.15, 0.2) is 18.2 Å². The zero-order valence-corrected chi connectivity index (χ0v) is 10.0. The third-order valence-electron chi connectivity index (χ3n) is 1.86. The average molecular weight is 283 g/mol. The highest BCUT2D eigenvalue weighted by Gasteiger charge is 2.27. The van der Waals surface area contributed by atoms with Crippen LogP contribution in [-0.4, -0.2) is 25.9 Å². The zero-order chi connectivity index (χ0) is 13.8. The number of hydrogen-bond donors (Lipinski definition) is 2. The molecule has 0 aliphatic rings. The monoisotopic (exact) mass is 282 g/mol. The van der Waals surface area contributed by atoms with Crippen molar-refractivity contribution in [3.63, 3.8) is 0 Å². The fourth-order valence-corrected chi connectivity index (χ4v) is 1.29. The van der Waals surface area contributed by atoms with E-state index >= 15 is 0 Å². The van der Waals surface area contributed by atoms with Crippen LogP contribution in [0.2, 0.25) is 5.02 Å². The lowest BCUT2D eigenvalue weighted by atomic mass is 10.3. The smallest absolute Gasteiger partial charge is 0.405 e. The van der Waals surface area contributed by atoms with Crippen molar-refractivity contribution in [2.24, 2.45) is 0 Å². The Morgan fingerprint density at radius 1 is 1.44 bits per heavy atom. The number of hydrogen-bond acceptors (Lipinski definition) is 2. The summed E-state index contributed by atoms with van der Waals surface area (Å²) in [6.45, 7) is -1.40. The SMILES string of the molecule is COc1cc(NC(=O)NCC(F)(F)F)ccc1Cl. The highest BCUT2D eigenvalue weighted by molar-refractivity contribution is 6.32. The van der Waals surface area contributed by atoms with Gasteiger partial charge in [-0.25, -0.2) is 4.79 Å². The van der Waals surface area contributed by atoms with Crippen molar-refractivity contribution in [1.29, 1.82) is 0 Å². The fourth-order valence-electron chi connectivity index (χ4n) is 1.09. The minimum atomic E-state index is -4.45. The summed E-state index contributed by atoms with van der Waals surface area (Å²) in [7, 11) is 1.38. The van der Waals surface area contributed by atoms with Gasteiger partial charge >= 0.3 is 12.2 Å². The second-order valence-electron chi connectivity index (χ2n) is 3.27. The van der Waals surface area contributed by atoms with Crippen molar-refractivity contribution in [3.05, 3.63) is 23.2 Å². The third kappa shape index (κ3) is 4.70. The van der Waals surface area contributed by atoms with Gasteiger partial charge in [0, 0.05) is 11.8 Å². The Kier molecular flexibility index (Phi) is 4.66. The molecule has 18 heavy (non-hydrogen) atoms. The predicted octanol–water partition coefficient (Wildman–Crippen LogP) is 3.03. The first-order chi connectivity index (χ1) is 8.31. The number of amides is 2. The zero-order valence-electron chi connectivity index (χ0n) is 9.27. The van der Waals surface area contributed by atoms with E-state index in [1.54, 1.807) is 5.32 Å². The Morgan fingerprint density at radius 2 is 2.11 bits per heavy atom. The van der Waals surface area contributed by atoms with E-state index in [-0.39, 0.29) is 5.69 Å². The standard InChI is InChI=1S/C10H10ClF3N2O2/c1-18-8-4-6(2-3-7(8)11)16-9(17)15-5-10(12,13)14/h2-4H,5H2,1H3,(H2,15,16,17). The number of carbonyl (C=O) groups excluding carboxylic acids is 1. The molecule has 0 atom stereocenters. The Bertz CT molecular complexity index is 438. The van der Waals surface area contributed by atoms with Gasteiger partial charge in [-0.3, -0.25) is 0 Å². The molecule has 0 fully saturated rings. The molecule has 0 unspecified atom stereocenters. The van der Waals surface area contributed by atoms with Gasteiger partial charge in [0.1, 0.15) is 12.3 Å². The summed E-state index contributed by atoms with van der Waals surface area (Å²) >= 11 is 5.75. The number of halogens is 4. The molecular formula is C10H10ClF3N2O2. The van der Waals surface area contributed by atoms with Gasteiger partial charge in [0.25, 0.3) is 0 Å². The van der Waals surface area contributed by atoms with Crippen LogP contribution in [0.3, 0.4) is 0 Å². The molecular weight excluding hydrogens is 273 g/mol. The molecule has 0 saturated carbocycles. The topological polar surface area (TPSA) is 50.4 Å². The molecule has 100 valence electrons. The normalized spacial score (nSPS) is 10.9. The summed E-state index contributed by atoms with van der Waals surface area (Å²) in [5.41, 5.74) is 0.274. The van der Waals surface area contributed by atoms with Crippen LogP contribution < -0.4 is 15.4 Å². The summed E-state index contributed by atoms with van der Waals surface area (Å²) < 4.78 is 40.4. The molecule has 0 aliphatic carbocycles. The largest absolute Gasteiger partial charge is 0.495 e. The Balaban J connectivity index is 2.59. The molecule has 2 N–H and O–H groups in total. The summed E-state index contributed by atoms with van der Waals surface area (Å²) in [4.78, 5) is 11.1. The van der Waals surface area contributed by atoms with Gasteiger partial charge in [0.2, 0.25) is 0 Å². The molecule has 2 amide bonds. The molecule has 0 aromatic heterocycles. The minimum Gasteiger partial charge on any atom is -0.495 e. The van der Waals surface area contributed by atoms with Crippen LogP contribution in [0, 0.1) is 0 Å². The van der Waals surface area contributed by atoms with Crippen LogP contribution in [0.1, 0.15) is 0 Å². The van der Waals surface area contributed by atoms with E-state index in [0.29, 0.717) is 10.8 Å². The lowest BCUT2D eigenvalue weighted by molar-refractivity contribution is -0.122. The maximum Gasteiger partial charge on any atom is 0.405 e. The van der Waals surface area contributed by atoms with Gasteiger partial charge in [0.05, 0.1) is 12.1 Å². The number of anilines is 1. The van der Waals surface area contributed by atoms with Gasteiger partial charge in [-0.05, 0) is 12.1 Å². The van der Waals surface area contributed by atoms with Crippen LogP contribution in [0.4, 0.5) is 23.7 Å². The van der Waals surface area contributed by atoms with Crippen LogP contribution in [-0.2, 0) is 0 Å². The van der Waals surface area contributed by atoms with Crippen molar-refractivity contribution in [2.45, 2.75) is 6.18 Å². The molecule has 1 aromatic rings. The third-order valence-corrected chi connectivity index (χ3v) is 2.17. The van der Waals surface area contributed by atoms with E-state index in [9.17, 15) is 18.0 Å². The maximum absolute atomic E-state index is 11.8. The van der Waals surface area contributed by atoms with Crippen LogP contribution in [0.25, 0.3) is 0 Å². The van der Waals surface area contributed by atoms with Crippen LogP contribution in [0.5, 0.6) is 5.75 Å². The molecule has 0 radical (unpaired) electrons. The lowest BCUT2D eigenvalue weighted by Crippen LogP contribution is -2.36. The fraction of sp³-hybridized carbons (Fsp3) is 0.300. The average Bonchev–Trinajstić information content (AvgIpc) is 2.28. The first-order valence-electron chi connectivity index (χ1n) is 4.77. The number of carbonyl (C=O) groups is 1. The minimum absolute atomic E-state index is 0.274. The molecule has 0 saturated heterocycles. The second-order valence-corrected chi connectivity index (χ2v) is 3.68. The molecule has 8 heteroatoms. The van der Waals surface area contributed by atoms with Gasteiger partial charge in [-0.15, -0.1) is 0 Å². The van der Waals surface area contributed by atoms with Crippen molar-refractivity contribution in [3.8, 4) is 5.75 Å². The highest BCUT2D eigenvalue weighted by atomic mass is 35.5. The summed E-state index contributed by atoms with van der Waals surface area (Å²) in [6.07, 6.45) is -4.45. The number of nitrogens with one attached hydrogen (secondary N) is 2. The number of alkyl halides is 3. The van der Waals surface area contributed by atoms with E-state index in [2.05, 4.69) is 5.32 Å². The molecule has 1 aromatic carbocycles. The Labute approximate surface area is 106 Å². The number of methoxy groups -OCH3 is 1. The molecule has 0 aliphatic heterocycles. The first kappa shape index (κ1) is 14.4. The summed E-state index contributed by atoms with van der Waals surface area (Å²) in [6, 6.07) is 3.34. The van der Waals surface area contributed by atoms with Gasteiger partial charge in [-0.2, -0.15) is 13.2 Å². The van der Waals surface area contributed by atoms with Gasteiger partial charge in [-0.1, -0.05) is 11.6 Å². The van der Waals surface area contributed by atoms with Crippen molar-refractivity contribution >= 4 is 23.3 Å². The van der Waals surface area contributed by atoms with Crippen LogP contribution >= 0.6 is 11.6 Å². The van der Waals surface area contributed by atoms with E-state index in [0.717, 1.165) is 0 Å². The van der Waals surface area contributed by atoms with E-state index in [4.69, 9.17) is 16.3 Å². The molecule has 1 rings (SSSR count). The number of benzene rings is 1. The van der Waals surface area contributed by atoms with Crippen molar-refractivity contribution < 1.29 is 22.7 Å². The lowest BCUT2D eigenvalue weighted by Gasteiger charge is -2.11. The highest BCUT2D eigenvalue weighted by Crippen LogP contribution is 2.27. The molecule has 0 spiro atoms. The van der Waals surface area contributed by atoms with Gasteiger partial charge in [0.15, 0.2) is 0 Å². The van der Waals surface area contributed by atoms with E-state index in [1.165, 1.54) is 25.3 Å². The number of ether oxygens (including phenoxy) is 1. The maximum atomic E-state index is 11.8. The summed E-state index contributed by atoms with van der Waals surface area (Å²) in [5.74, 6) is 0.310. The van der Waals surface area contributed by atoms with E-state index in [1.807, 2.05) is 0 Å². The molecule has 0 bridgehead atoms. The summed E-state index contributed by atoms with van der Waals surface area (Å²) in [5, 5.41) is 4.23. The van der Waals surface area contributed by atoms with E-state index < -0.39 is 18.8 Å². The Hall–Kier alpha value is -1.63.